The van der Waals surface area contributed by atoms with Crippen LogP contribution < -0.4 is 15.8 Å². The van der Waals surface area contributed by atoms with E-state index in [9.17, 15) is 10.1 Å². The fourth-order valence-electron chi connectivity index (χ4n) is 5.12. The zero-order chi connectivity index (χ0) is 24.5. The standard InChI is InChI=1S/C27H29N5O3/c1-15(2)34-24-11-7-17(12-18(24)14-28)27-31-25(32-35-27)22-5-3-4-21-20(22)9-10-23(21)30-26(33)16-6-8-19(29)13-16/h3-5,7,11-12,15-16,19,23H,6,8-10,13,29H2,1-2H3,(H,30,33)/t16?,19-,23+/m0/s1. The van der Waals surface area contributed by atoms with Gasteiger partial charge in [0.15, 0.2) is 0 Å². The molecule has 35 heavy (non-hydrogen) atoms. The summed E-state index contributed by atoms with van der Waals surface area (Å²) in [4.78, 5) is 17.4. The lowest BCUT2D eigenvalue weighted by Crippen LogP contribution is -2.32. The number of hydrogen-bond acceptors (Lipinski definition) is 7. The van der Waals surface area contributed by atoms with Crippen molar-refractivity contribution in [2.45, 2.75) is 64.1 Å². The lowest BCUT2D eigenvalue weighted by atomic mass is 10.0. The Morgan fingerprint density at radius 1 is 1.26 bits per heavy atom. The highest BCUT2D eigenvalue weighted by Crippen LogP contribution is 2.38. The molecule has 0 spiro atoms. The number of rotatable bonds is 6. The number of nitrogens with one attached hydrogen (secondary N) is 1. The molecule has 2 aromatic carbocycles. The molecular formula is C27H29N5O3. The van der Waals surface area contributed by atoms with Crippen LogP contribution in [0.4, 0.5) is 0 Å². The molecule has 1 fully saturated rings. The first kappa shape index (κ1) is 23.1. The highest BCUT2D eigenvalue weighted by molar-refractivity contribution is 5.80. The van der Waals surface area contributed by atoms with Crippen LogP contribution >= 0.6 is 0 Å². The van der Waals surface area contributed by atoms with Gasteiger partial charge in [-0.2, -0.15) is 10.2 Å². The fraction of sp³-hybridized carbons (Fsp3) is 0.407. The molecule has 0 aliphatic heterocycles. The molecule has 180 valence electrons. The average molecular weight is 472 g/mol. The lowest BCUT2D eigenvalue weighted by Gasteiger charge is -2.17. The van der Waals surface area contributed by atoms with Gasteiger partial charge in [-0.05, 0) is 75.3 Å². The SMILES string of the molecule is CC(C)Oc1ccc(-c2nc(-c3cccc4c3CC[C@H]4NC(=O)C3CC[C@H](N)C3)no2)cc1C#N. The van der Waals surface area contributed by atoms with E-state index in [0.717, 1.165) is 48.8 Å². The van der Waals surface area contributed by atoms with E-state index < -0.39 is 0 Å². The normalized spacial score (nSPS) is 21.1. The number of nitriles is 1. The van der Waals surface area contributed by atoms with E-state index in [1.165, 1.54) is 0 Å². The van der Waals surface area contributed by atoms with Crippen molar-refractivity contribution >= 4 is 5.91 Å². The highest BCUT2D eigenvalue weighted by atomic mass is 16.5. The summed E-state index contributed by atoms with van der Waals surface area (Å²) in [6.45, 7) is 3.83. The second kappa shape index (κ2) is 9.51. The molecule has 8 nitrogen and oxygen atoms in total. The zero-order valence-corrected chi connectivity index (χ0v) is 20.0. The van der Waals surface area contributed by atoms with Gasteiger partial charge in [-0.25, -0.2) is 0 Å². The number of carbonyl (C=O) groups excluding carboxylic acids is 1. The molecule has 0 saturated heterocycles. The van der Waals surface area contributed by atoms with Gasteiger partial charge in [0.2, 0.25) is 11.7 Å². The van der Waals surface area contributed by atoms with E-state index in [0.29, 0.717) is 28.6 Å². The second-order valence-electron chi connectivity index (χ2n) is 9.66. The number of hydrogen-bond donors (Lipinski definition) is 2. The minimum Gasteiger partial charge on any atom is -0.490 e. The third kappa shape index (κ3) is 4.64. The molecule has 0 bridgehead atoms. The third-order valence-corrected chi connectivity index (χ3v) is 6.81. The number of benzene rings is 2. The maximum absolute atomic E-state index is 12.8. The first-order valence-electron chi connectivity index (χ1n) is 12.2. The van der Waals surface area contributed by atoms with Crippen LogP contribution in [0.2, 0.25) is 0 Å². The number of fused-ring (bicyclic) bond motifs is 1. The monoisotopic (exact) mass is 471 g/mol. The smallest absolute Gasteiger partial charge is 0.258 e. The molecule has 1 aromatic heterocycles. The molecule has 0 radical (unpaired) electrons. The van der Waals surface area contributed by atoms with Gasteiger partial charge < -0.3 is 20.3 Å². The summed E-state index contributed by atoms with van der Waals surface area (Å²) >= 11 is 0. The molecule has 3 aromatic rings. The summed E-state index contributed by atoms with van der Waals surface area (Å²) in [7, 11) is 0. The van der Waals surface area contributed by atoms with Crippen molar-refractivity contribution in [1.82, 2.24) is 15.5 Å². The van der Waals surface area contributed by atoms with E-state index in [1.807, 2.05) is 32.0 Å². The highest BCUT2D eigenvalue weighted by Gasteiger charge is 2.32. The minimum absolute atomic E-state index is 0.00706. The summed E-state index contributed by atoms with van der Waals surface area (Å²) in [6.07, 6.45) is 4.15. The first-order valence-corrected chi connectivity index (χ1v) is 12.2. The molecule has 3 atom stereocenters. The Morgan fingerprint density at radius 2 is 2.11 bits per heavy atom. The molecule has 1 amide bonds. The van der Waals surface area contributed by atoms with Crippen molar-refractivity contribution in [2.75, 3.05) is 0 Å². The largest absolute Gasteiger partial charge is 0.490 e. The lowest BCUT2D eigenvalue weighted by molar-refractivity contribution is -0.125. The van der Waals surface area contributed by atoms with Gasteiger partial charge in [0.25, 0.3) is 5.89 Å². The Bertz CT molecular complexity index is 1290. The number of aromatic nitrogens is 2. The van der Waals surface area contributed by atoms with Crippen molar-refractivity contribution < 1.29 is 14.1 Å². The maximum Gasteiger partial charge on any atom is 0.258 e. The summed E-state index contributed by atoms with van der Waals surface area (Å²) < 4.78 is 11.3. The maximum atomic E-state index is 12.8. The molecule has 1 saturated carbocycles. The van der Waals surface area contributed by atoms with Gasteiger partial charge in [0.1, 0.15) is 11.8 Å². The van der Waals surface area contributed by atoms with Crippen LogP contribution in [0, 0.1) is 17.2 Å². The van der Waals surface area contributed by atoms with Gasteiger partial charge >= 0.3 is 0 Å². The van der Waals surface area contributed by atoms with Gasteiger partial charge in [-0.1, -0.05) is 23.4 Å². The van der Waals surface area contributed by atoms with E-state index in [4.69, 9.17) is 15.0 Å². The summed E-state index contributed by atoms with van der Waals surface area (Å²) in [6, 6.07) is 13.5. The van der Waals surface area contributed by atoms with Crippen LogP contribution in [0.5, 0.6) is 5.75 Å². The van der Waals surface area contributed by atoms with E-state index in [2.05, 4.69) is 27.6 Å². The second-order valence-corrected chi connectivity index (χ2v) is 9.66. The van der Waals surface area contributed by atoms with Gasteiger partial charge in [0.05, 0.1) is 17.7 Å². The predicted octanol–water partition coefficient (Wildman–Crippen LogP) is 4.29. The van der Waals surface area contributed by atoms with Crippen LogP contribution in [0.15, 0.2) is 40.9 Å². The van der Waals surface area contributed by atoms with Crippen molar-refractivity contribution in [1.29, 1.82) is 5.26 Å². The predicted molar refractivity (Wildman–Crippen MR) is 130 cm³/mol. The molecule has 5 rings (SSSR count). The summed E-state index contributed by atoms with van der Waals surface area (Å²) in [5, 5.41) is 17.0. The van der Waals surface area contributed by atoms with Crippen LogP contribution in [0.1, 0.15) is 62.3 Å². The Labute approximate surface area is 204 Å². The first-order chi connectivity index (χ1) is 16.9. The summed E-state index contributed by atoms with van der Waals surface area (Å²) in [5.41, 5.74) is 10.2. The van der Waals surface area contributed by atoms with Crippen LogP contribution in [-0.2, 0) is 11.2 Å². The number of nitrogens with two attached hydrogens (primary N) is 1. The molecule has 2 aliphatic carbocycles. The van der Waals surface area contributed by atoms with Gasteiger partial charge in [0, 0.05) is 23.1 Å². The van der Waals surface area contributed by atoms with Crippen molar-refractivity contribution in [3.63, 3.8) is 0 Å². The number of carbonyl (C=O) groups is 1. The minimum atomic E-state index is -0.0347. The van der Waals surface area contributed by atoms with E-state index in [-0.39, 0.29) is 30.0 Å². The van der Waals surface area contributed by atoms with Crippen LogP contribution in [-0.4, -0.2) is 28.2 Å². The molecular weight excluding hydrogens is 442 g/mol. The van der Waals surface area contributed by atoms with Gasteiger partial charge in [-0.3, -0.25) is 4.79 Å². The molecule has 3 N–H and O–H groups in total. The molecule has 1 unspecified atom stereocenters. The van der Waals surface area contributed by atoms with Crippen LogP contribution in [0.3, 0.4) is 0 Å². The fourth-order valence-corrected chi connectivity index (χ4v) is 5.12. The summed E-state index contributed by atoms with van der Waals surface area (Å²) in [5.74, 6) is 1.46. The number of amides is 1. The molecule has 1 heterocycles. The Balaban J connectivity index is 1.37. The Hall–Kier alpha value is -3.70. The van der Waals surface area contributed by atoms with Gasteiger partial charge in [-0.15, -0.1) is 0 Å². The third-order valence-electron chi connectivity index (χ3n) is 6.81. The average Bonchev–Trinajstić information content (AvgIpc) is 3.59. The van der Waals surface area contributed by atoms with Crippen LogP contribution in [0.25, 0.3) is 22.8 Å². The van der Waals surface area contributed by atoms with E-state index >= 15 is 0 Å². The molecule has 8 heteroatoms. The number of ether oxygens (including phenoxy) is 1. The van der Waals surface area contributed by atoms with Crippen molar-refractivity contribution in [3.8, 4) is 34.7 Å². The van der Waals surface area contributed by atoms with Crippen molar-refractivity contribution in [2.24, 2.45) is 11.7 Å². The van der Waals surface area contributed by atoms with Crippen molar-refractivity contribution in [3.05, 3.63) is 53.1 Å². The Kier molecular flexibility index (Phi) is 6.27. The molecule has 2 aliphatic rings. The zero-order valence-electron chi connectivity index (χ0n) is 20.0. The number of nitrogens with zero attached hydrogens (tertiary/aromatic N) is 3. The quantitative estimate of drug-likeness (QED) is 0.549. The topological polar surface area (TPSA) is 127 Å². The Morgan fingerprint density at radius 3 is 2.86 bits per heavy atom. The van der Waals surface area contributed by atoms with E-state index in [1.54, 1.807) is 12.1 Å².